The Bertz CT molecular complexity index is 568. The zero-order valence-corrected chi connectivity index (χ0v) is 9.78. The molecule has 19 heavy (non-hydrogen) atoms. The highest BCUT2D eigenvalue weighted by Gasteiger charge is 2.21. The maximum atomic E-state index is 11.1. The number of methoxy groups -OCH3 is 1. The number of hydrogen-bond acceptors (Lipinski definition) is 7. The fraction of sp³-hybridized carbons (Fsp3) is 0.100. The first-order chi connectivity index (χ1) is 8.86. The van der Waals surface area contributed by atoms with Gasteiger partial charge in [0.15, 0.2) is 0 Å². The molecule has 0 aliphatic rings. The van der Waals surface area contributed by atoms with Crippen molar-refractivity contribution in [3.63, 3.8) is 0 Å². The van der Waals surface area contributed by atoms with Crippen LogP contribution in [0, 0.1) is 20.2 Å². The second-order valence-electron chi connectivity index (χ2n) is 3.31. The Balaban J connectivity index is 3.14. The summed E-state index contributed by atoms with van der Waals surface area (Å²) in [4.78, 5) is 30.9. The highest BCUT2D eigenvalue weighted by molar-refractivity contribution is 5.92. The molecule has 0 radical (unpaired) electrons. The van der Waals surface area contributed by atoms with E-state index in [9.17, 15) is 25.0 Å². The van der Waals surface area contributed by atoms with Crippen molar-refractivity contribution in [3.8, 4) is 0 Å². The van der Waals surface area contributed by atoms with Crippen molar-refractivity contribution in [2.75, 3.05) is 12.4 Å². The quantitative estimate of drug-likeness (QED) is 0.371. The van der Waals surface area contributed by atoms with Crippen molar-refractivity contribution in [2.45, 2.75) is 0 Å². The van der Waals surface area contributed by atoms with Crippen LogP contribution in [-0.4, -0.2) is 22.9 Å². The number of carbonyl (C=O) groups excluding carboxylic acids is 1. The molecule has 0 atom stereocenters. The molecule has 100 valence electrons. The summed E-state index contributed by atoms with van der Waals surface area (Å²) in [5.74, 6) is -0.798. The van der Waals surface area contributed by atoms with Crippen molar-refractivity contribution in [1.82, 2.24) is 0 Å². The Hall–Kier alpha value is -2.97. The van der Waals surface area contributed by atoms with Crippen LogP contribution in [0.4, 0.5) is 17.1 Å². The maximum Gasteiger partial charge on any atom is 0.353 e. The molecule has 0 bridgehead atoms. The highest BCUT2D eigenvalue weighted by atomic mass is 16.6. The molecule has 0 unspecified atom stereocenters. The third-order valence-electron chi connectivity index (χ3n) is 2.11. The molecular weight excluding hydrogens is 258 g/mol. The summed E-state index contributed by atoms with van der Waals surface area (Å²) in [5.41, 5.74) is -1.29. The van der Waals surface area contributed by atoms with Gasteiger partial charge in [0.1, 0.15) is 11.4 Å². The van der Waals surface area contributed by atoms with Crippen LogP contribution in [0.25, 0.3) is 0 Å². The Kier molecular flexibility index (Phi) is 4.14. The molecule has 0 aliphatic carbocycles. The second-order valence-corrected chi connectivity index (χ2v) is 3.31. The number of rotatable bonds is 5. The first-order valence-corrected chi connectivity index (χ1v) is 4.84. The number of benzene rings is 1. The normalized spacial score (nSPS) is 9.53. The molecule has 0 saturated heterocycles. The predicted octanol–water partition coefficient (Wildman–Crippen LogP) is 1.60. The Morgan fingerprint density at radius 2 is 1.95 bits per heavy atom. The van der Waals surface area contributed by atoms with Gasteiger partial charge in [-0.25, -0.2) is 4.79 Å². The van der Waals surface area contributed by atoms with Crippen LogP contribution < -0.4 is 5.32 Å². The van der Waals surface area contributed by atoms with Crippen molar-refractivity contribution in [3.05, 3.63) is 50.7 Å². The monoisotopic (exact) mass is 267 g/mol. The molecule has 0 fully saturated rings. The third-order valence-corrected chi connectivity index (χ3v) is 2.11. The van der Waals surface area contributed by atoms with Crippen LogP contribution in [0.1, 0.15) is 0 Å². The lowest BCUT2D eigenvalue weighted by Gasteiger charge is -2.07. The zero-order chi connectivity index (χ0) is 14.6. The van der Waals surface area contributed by atoms with Crippen LogP contribution >= 0.6 is 0 Å². The smallest absolute Gasteiger partial charge is 0.353 e. The fourth-order valence-electron chi connectivity index (χ4n) is 1.23. The van der Waals surface area contributed by atoms with E-state index in [4.69, 9.17) is 0 Å². The topological polar surface area (TPSA) is 125 Å². The molecule has 9 nitrogen and oxygen atoms in total. The zero-order valence-electron chi connectivity index (χ0n) is 9.78. The van der Waals surface area contributed by atoms with E-state index < -0.39 is 27.2 Å². The van der Waals surface area contributed by atoms with Gasteiger partial charge in [-0.05, 0) is 6.07 Å². The average Bonchev–Trinajstić information content (AvgIpc) is 2.37. The van der Waals surface area contributed by atoms with Crippen LogP contribution in [0.5, 0.6) is 0 Å². The minimum absolute atomic E-state index is 0.0917. The Morgan fingerprint density at radius 3 is 2.42 bits per heavy atom. The number of nitro benzene ring substituents is 2. The lowest BCUT2D eigenvalue weighted by Crippen LogP contribution is -2.12. The molecule has 1 rings (SSSR count). The molecule has 0 saturated carbocycles. The van der Waals surface area contributed by atoms with E-state index in [1.807, 2.05) is 0 Å². The molecule has 9 heteroatoms. The van der Waals surface area contributed by atoms with Gasteiger partial charge >= 0.3 is 5.97 Å². The van der Waals surface area contributed by atoms with Gasteiger partial charge in [0.2, 0.25) is 0 Å². The number of non-ortho nitro benzene ring substituents is 1. The van der Waals surface area contributed by atoms with Crippen LogP contribution in [-0.2, 0) is 9.53 Å². The summed E-state index contributed by atoms with van der Waals surface area (Å²) in [6.07, 6.45) is 0. The number of hydrogen-bond donors (Lipinski definition) is 1. The van der Waals surface area contributed by atoms with E-state index in [1.165, 1.54) is 0 Å². The average molecular weight is 267 g/mol. The van der Waals surface area contributed by atoms with E-state index >= 15 is 0 Å². The van der Waals surface area contributed by atoms with Gasteiger partial charge in [-0.1, -0.05) is 6.58 Å². The number of nitro groups is 2. The molecule has 0 heterocycles. The summed E-state index contributed by atoms with van der Waals surface area (Å²) in [6, 6.07) is 2.97. The third kappa shape index (κ3) is 3.25. The van der Waals surface area contributed by atoms with E-state index in [0.717, 1.165) is 25.3 Å². The van der Waals surface area contributed by atoms with Gasteiger partial charge in [-0.15, -0.1) is 0 Å². The predicted molar refractivity (Wildman–Crippen MR) is 64.5 cm³/mol. The minimum atomic E-state index is -0.806. The van der Waals surface area contributed by atoms with Crippen molar-refractivity contribution in [2.24, 2.45) is 0 Å². The molecule has 1 aromatic rings. The van der Waals surface area contributed by atoms with E-state index in [1.54, 1.807) is 0 Å². The summed E-state index contributed by atoms with van der Waals surface area (Å²) in [6.45, 7) is 3.34. The van der Waals surface area contributed by atoms with Gasteiger partial charge in [0, 0.05) is 6.07 Å². The molecule has 1 aromatic carbocycles. The Labute approximate surface area is 106 Å². The van der Waals surface area contributed by atoms with Crippen molar-refractivity contribution < 1.29 is 19.4 Å². The fourth-order valence-corrected chi connectivity index (χ4v) is 1.23. The van der Waals surface area contributed by atoms with Crippen LogP contribution in [0.2, 0.25) is 0 Å². The first-order valence-electron chi connectivity index (χ1n) is 4.84. The lowest BCUT2D eigenvalue weighted by molar-refractivity contribution is -0.393. The number of carbonyl (C=O) groups is 1. The molecule has 1 N–H and O–H groups in total. The van der Waals surface area contributed by atoms with E-state index in [0.29, 0.717) is 0 Å². The second kappa shape index (κ2) is 5.58. The number of esters is 1. The van der Waals surface area contributed by atoms with Crippen LogP contribution in [0.3, 0.4) is 0 Å². The molecule has 0 spiro atoms. The van der Waals surface area contributed by atoms with Crippen molar-refractivity contribution >= 4 is 23.0 Å². The van der Waals surface area contributed by atoms with E-state index in [2.05, 4.69) is 16.6 Å². The van der Waals surface area contributed by atoms with Gasteiger partial charge in [0.25, 0.3) is 11.4 Å². The SMILES string of the molecule is C=C(Nc1ccc([N+](=O)[O-])cc1[N+](=O)[O-])C(=O)OC. The summed E-state index contributed by atoms with van der Waals surface area (Å²) < 4.78 is 4.37. The standard InChI is InChI=1S/C10H9N3O6/c1-6(10(14)19-2)11-8-4-3-7(12(15)16)5-9(8)13(17)18/h3-5,11H,1H2,2H3. The molecule has 0 aromatic heterocycles. The lowest BCUT2D eigenvalue weighted by atomic mass is 10.2. The van der Waals surface area contributed by atoms with Gasteiger partial charge in [-0.3, -0.25) is 20.2 Å². The molecular formula is C10H9N3O6. The largest absolute Gasteiger partial charge is 0.464 e. The van der Waals surface area contributed by atoms with Gasteiger partial charge in [0.05, 0.1) is 23.0 Å². The highest BCUT2D eigenvalue weighted by Crippen LogP contribution is 2.29. The number of ether oxygens (including phenoxy) is 1. The van der Waals surface area contributed by atoms with E-state index in [-0.39, 0.29) is 11.4 Å². The Morgan fingerprint density at radius 1 is 1.32 bits per heavy atom. The summed E-state index contributed by atoms with van der Waals surface area (Å²) >= 11 is 0. The van der Waals surface area contributed by atoms with Gasteiger partial charge < -0.3 is 10.1 Å². The molecule has 0 amide bonds. The van der Waals surface area contributed by atoms with Gasteiger partial charge in [-0.2, -0.15) is 0 Å². The first kappa shape index (κ1) is 14.1. The van der Waals surface area contributed by atoms with Crippen LogP contribution in [0.15, 0.2) is 30.5 Å². The summed E-state index contributed by atoms with van der Waals surface area (Å²) in [7, 11) is 1.12. The maximum absolute atomic E-state index is 11.1. The number of nitrogens with one attached hydrogen (secondary N) is 1. The minimum Gasteiger partial charge on any atom is -0.464 e. The number of nitrogens with zero attached hydrogens (tertiary/aromatic N) is 2. The van der Waals surface area contributed by atoms with Crippen molar-refractivity contribution in [1.29, 1.82) is 0 Å². The summed E-state index contributed by atoms with van der Waals surface area (Å²) in [5, 5.41) is 23.7. The number of anilines is 1. The molecule has 0 aliphatic heterocycles.